The molecule has 240 valence electrons. The maximum atomic E-state index is 10.4. The van der Waals surface area contributed by atoms with Gasteiger partial charge in [-0.2, -0.15) is 0 Å². The highest BCUT2D eigenvalue weighted by Crippen LogP contribution is 2.34. The van der Waals surface area contributed by atoms with Crippen LogP contribution in [-0.4, -0.2) is 156 Å². The van der Waals surface area contributed by atoms with Gasteiger partial charge in [-0.15, -0.1) is 0 Å². The second-order valence-corrected chi connectivity index (χ2v) is 11.2. The van der Waals surface area contributed by atoms with Crippen molar-refractivity contribution >= 4 is 0 Å². The number of hydrogen-bond donors (Lipinski definition) is 6. The lowest BCUT2D eigenvalue weighted by atomic mass is 9.98. The van der Waals surface area contributed by atoms with Gasteiger partial charge in [-0.25, -0.2) is 0 Å². The second kappa shape index (κ2) is 14.5. The summed E-state index contributed by atoms with van der Waals surface area (Å²) in [5, 5.41) is 60.1. The maximum Gasteiger partial charge on any atom is 0.187 e. The van der Waals surface area contributed by atoms with Crippen molar-refractivity contribution < 1.29 is 73.3 Å². The van der Waals surface area contributed by atoms with Crippen LogP contribution in [0.1, 0.15) is 40.0 Å². The smallest absolute Gasteiger partial charge is 0.187 e. The first kappa shape index (κ1) is 33.3. The van der Waals surface area contributed by atoms with Gasteiger partial charge in [0, 0.05) is 33.5 Å². The average molecular weight is 599 g/mol. The quantitative estimate of drug-likeness (QED) is 0.166. The minimum Gasteiger partial charge on any atom is -0.394 e. The molecule has 0 unspecified atom stereocenters. The Morgan fingerprint density at radius 3 is 1.63 bits per heavy atom. The zero-order valence-electron chi connectivity index (χ0n) is 24.0. The highest BCUT2D eigenvalue weighted by molar-refractivity contribution is 4.92. The fourth-order valence-electron chi connectivity index (χ4n) is 5.95. The van der Waals surface area contributed by atoms with Crippen LogP contribution >= 0.6 is 0 Å². The van der Waals surface area contributed by atoms with Gasteiger partial charge in [0.2, 0.25) is 0 Å². The van der Waals surface area contributed by atoms with Crippen molar-refractivity contribution in [2.75, 3.05) is 20.8 Å². The van der Waals surface area contributed by atoms with Crippen LogP contribution in [0.5, 0.6) is 0 Å². The van der Waals surface area contributed by atoms with E-state index in [1.807, 2.05) is 6.92 Å². The molecule has 0 aliphatic carbocycles. The van der Waals surface area contributed by atoms with E-state index in [0.29, 0.717) is 6.42 Å². The molecule has 15 heteroatoms. The van der Waals surface area contributed by atoms with Gasteiger partial charge in [0.25, 0.3) is 0 Å². The van der Waals surface area contributed by atoms with E-state index >= 15 is 0 Å². The number of aliphatic hydroxyl groups excluding tert-OH is 6. The van der Waals surface area contributed by atoms with E-state index in [0.717, 1.165) is 0 Å². The molecule has 0 aromatic heterocycles. The third-order valence-electron chi connectivity index (χ3n) is 8.26. The lowest BCUT2D eigenvalue weighted by molar-refractivity contribution is -0.356. The Morgan fingerprint density at radius 1 is 0.610 bits per heavy atom. The SMILES string of the molecule is CO[C@H]1C[C@H](O[C@H]2[C@@H](O)C[C@H](O)O[C@@H]2C)O[C@H](C)[C@H]1O[C@H]1C[C@@H](OC)[C@@H](O[C@@H]2O[C@H](CO)[C@@H](O)[C@H](O)[C@H]2O)[C@H](C)O1. The maximum absolute atomic E-state index is 10.4. The zero-order valence-corrected chi connectivity index (χ0v) is 24.0. The number of hydrogen-bond acceptors (Lipinski definition) is 15. The van der Waals surface area contributed by atoms with Crippen LogP contribution in [0.4, 0.5) is 0 Å². The Labute approximate surface area is 239 Å². The summed E-state index contributed by atoms with van der Waals surface area (Å²) in [5.41, 5.74) is 0. The minimum absolute atomic E-state index is 0.0374. The largest absolute Gasteiger partial charge is 0.394 e. The van der Waals surface area contributed by atoms with Gasteiger partial charge in [-0.3, -0.25) is 0 Å². The lowest BCUT2D eigenvalue weighted by Crippen LogP contribution is -2.62. The number of methoxy groups -OCH3 is 2. The molecule has 0 radical (unpaired) electrons. The summed E-state index contributed by atoms with van der Waals surface area (Å²) >= 11 is 0. The standard InChI is InChI=1S/C26H46O15/c1-10-23(13(28)6-17(29)35-10)39-18-7-14(33-4)24(11(2)36-18)40-19-8-15(34-5)25(12(3)37-19)41-26-22(32)21(31)20(30)16(9-27)38-26/h10-32H,6-9H2,1-5H3/t10-,11-,12+,13+,14+,15-,16-,17-,18+,19+,20-,21+,22-,23-,24-,25+,26+/m1/s1. The van der Waals surface area contributed by atoms with Gasteiger partial charge >= 0.3 is 0 Å². The van der Waals surface area contributed by atoms with Crippen molar-refractivity contribution in [1.82, 2.24) is 0 Å². The Hall–Kier alpha value is -0.600. The number of aliphatic hydroxyl groups is 6. The van der Waals surface area contributed by atoms with Gasteiger partial charge in [0.1, 0.15) is 42.7 Å². The first-order valence-electron chi connectivity index (χ1n) is 14.1. The van der Waals surface area contributed by atoms with Gasteiger partial charge in [0.15, 0.2) is 25.2 Å². The average Bonchev–Trinajstić information content (AvgIpc) is 2.93. The van der Waals surface area contributed by atoms with Crippen LogP contribution in [0.2, 0.25) is 0 Å². The van der Waals surface area contributed by atoms with Crippen molar-refractivity contribution in [1.29, 1.82) is 0 Å². The summed E-state index contributed by atoms with van der Waals surface area (Å²) in [7, 11) is 3.05. The van der Waals surface area contributed by atoms with Crippen molar-refractivity contribution in [3.05, 3.63) is 0 Å². The summed E-state index contributed by atoms with van der Waals surface area (Å²) in [4.78, 5) is 0. The van der Waals surface area contributed by atoms with E-state index < -0.39 is 111 Å². The Balaban J connectivity index is 1.35. The molecule has 0 amide bonds. The molecule has 41 heavy (non-hydrogen) atoms. The van der Waals surface area contributed by atoms with Gasteiger partial charge in [0.05, 0.1) is 43.2 Å². The molecule has 4 aliphatic heterocycles. The molecule has 0 aromatic carbocycles. The van der Waals surface area contributed by atoms with Crippen molar-refractivity contribution in [3.8, 4) is 0 Å². The predicted molar refractivity (Wildman–Crippen MR) is 135 cm³/mol. The topological polar surface area (TPSA) is 204 Å². The molecule has 0 spiro atoms. The van der Waals surface area contributed by atoms with E-state index in [2.05, 4.69) is 0 Å². The van der Waals surface area contributed by atoms with E-state index in [1.54, 1.807) is 21.0 Å². The van der Waals surface area contributed by atoms with E-state index in [-0.39, 0.29) is 12.8 Å². The minimum atomic E-state index is -1.57. The summed E-state index contributed by atoms with van der Waals surface area (Å²) in [6, 6.07) is 0. The van der Waals surface area contributed by atoms with E-state index in [1.165, 1.54) is 7.11 Å². The molecular formula is C26H46O15. The van der Waals surface area contributed by atoms with Crippen LogP contribution in [0, 0.1) is 0 Å². The molecule has 4 saturated heterocycles. The molecule has 4 heterocycles. The summed E-state index contributed by atoms with van der Waals surface area (Å²) < 4.78 is 52.7. The molecule has 4 rings (SSSR count). The summed E-state index contributed by atoms with van der Waals surface area (Å²) in [6.07, 6.45) is -14.4. The summed E-state index contributed by atoms with van der Waals surface area (Å²) in [6.45, 7) is 4.70. The van der Waals surface area contributed by atoms with Crippen molar-refractivity contribution in [2.24, 2.45) is 0 Å². The third kappa shape index (κ3) is 7.56. The summed E-state index contributed by atoms with van der Waals surface area (Å²) in [5.74, 6) is 0. The predicted octanol–water partition coefficient (Wildman–Crippen LogP) is -2.27. The molecule has 4 aliphatic rings. The highest BCUT2D eigenvalue weighted by atomic mass is 16.8. The van der Waals surface area contributed by atoms with Crippen LogP contribution in [0.15, 0.2) is 0 Å². The first-order chi connectivity index (χ1) is 19.5. The fraction of sp³-hybridized carbons (Fsp3) is 1.00. The number of rotatable bonds is 9. The molecular weight excluding hydrogens is 552 g/mol. The third-order valence-corrected chi connectivity index (χ3v) is 8.26. The molecule has 0 bridgehead atoms. The van der Waals surface area contributed by atoms with Crippen LogP contribution in [0.3, 0.4) is 0 Å². The van der Waals surface area contributed by atoms with Crippen LogP contribution < -0.4 is 0 Å². The van der Waals surface area contributed by atoms with Crippen LogP contribution in [0.25, 0.3) is 0 Å². The van der Waals surface area contributed by atoms with Crippen molar-refractivity contribution in [3.63, 3.8) is 0 Å². The number of ether oxygens (including phenoxy) is 9. The van der Waals surface area contributed by atoms with Crippen LogP contribution in [-0.2, 0) is 42.6 Å². The Kier molecular flexibility index (Phi) is 11.7. The second-order valence-electron chi connectivity index (χ2n) is 11.2. The first-order valence-corrected chi connectivity index (χ1v) is 14.1. The molecule has 0 aromatic rings. The van der Waals surface area contributed by atoms with Gasteiger partial charge in [-0.1, -0.05) is 0 Å². The van der Waals surface area contributed by atoms with Gasteiger partial charge < -0.3 is 73.3 Å². The Morgan fingerprint density at radius 2 is 1.12 bits per heavy atom. The van der Waals surface area contributed by atoms with E-state index in [9.17, 15) is 30.6 Å². The fourth-order valence-corrected chi connectivity index (χ4v) is 5.95. The monoisotopic (exact) mass is 598 g/mol. The van der Waals surface area contributed by atoms with Gasteiger partial charge in [-0.05, 0) is 20.8 Å². The molecule has 6 N–H and O–H groups in total. The highest BCUT2D eigenvalue weighted by Gasteiger charge is 2.49. The zero-order chi connectivity index (χ0) is 30.0. The van der Waals surface area contributed by atoms with E-state index in [4.69, 9.17) is 42.6 Å². The molecule has 4 fully saturated rings. The lowest BCUT2D eigenvalue weighted by Gasteiger charge is -2.47. The molecule has 17 atom stereocenters. The normalized spacial score (nSPS) is 51.4. The van der Waals surface area contributed by atoms with Crippen molar-refractivity contribution in [2.45, 2.75) is 145 Å². The molecule has 15 nitrogen and oxygen atoms in total. The molecule has 0 saturated carbocycles. The Bertz CT molecular complexity index is 793.